The Balaban J connectivity index is 1.70. The number of ether oxygens (including phenoxy) is 2. The zero-order valence-corrected chi connectivity index (χ0v) is 8.45. The van der Waals surface area contributed by atoms with E-state index in [1.807, 2.05) is 0 Å². The molecule has 0 amide bonds. The van der Waals surface area contributed by atoms with Crippen LogP contribution in [0.2, 0.25) is 0 Å². The van der Waals surface area contributed by atoms with Crippen LogP contribution in [0.1, 0.15) is 25.7 Å². The Morgan fingerprint density at radius 2 is 2.00 bits per heavy atom. The van der Waals surface area contributed by atoms with Crippen molar-refractivity contribution in [3.05, 3.63) is 0 Å². The first-order valence-electron chi connectivity index (χ1n) is 5.73. The van der Waals surface area contributed by atoms with Gasteiger partial charge in [-0.25, -0.2) is 0 Å². The zero-order valence-electron chi connectivity index (χ0n) is 8.45. The van der Waals surface area contributed by atoms with Gasteiger partial charge in [-0.3, -0.25) is 0 Å². The van der Waals surface area contributed by atoms with Crippen LogP contribution in [-0.2, 0) is 9.47 Å². The summed E-state index contributed by atoms with van der Waals surface area (Å²) in [6.45, 7) is 1.88. The lowest BCUT2D eigenvalue weighted by Crippen LogP contribution is -2.38. The SMILES string of the molecule is OCC[C@H]1C[C@H]2C[C@@H]1CC21OCCO1. The second-order valence-corrected chi connectivity index (χ2v) is 4.91. The monoisotopic (exact) mass is 198 g/mol. The second-order valence-electron chi connectivity index (χ2n) is 4.91. The maximum Gasteiger partial charge on any atom is 0.171 e. The Bertz CT molecular complexity index is 223. The molecule has 2 aliphatic carbocycles. The van der Waals surface area contributed by atoms with Crippen molar-refractivity contribution in [2.45, 2.75) is 31.5 Å². The summed E-state index contributed by atoms with van der Waals surface area (Å²) in [5.41, 5.74) is 0. The quantitative estimate of drug-likeness (QED) is 0.723. The fourth-order valence-corrected chi connectivity index (χ4v) is 3.70. The predicted octanol–water partition coefficient (Wildman–Crippen LogP) is 1.16. The summed E-state index contributed by atoms with van der Waals surface area (Å²) in [7, 11) is 0. The minimum absolute atomic E-state index is 0.198. The van der Waals surface area contributed by atoms with E-state index in [2.05, 4.69) is 0 Å². The van der Waals surface area contributed by atoms with E-state index in [1.54, 1.807) is 0 Å². The molecule has 0 aromatic carbocycles. The molecule has 1 saturated heterocycles. The third kappa shape index (κ3) is 1.16. The van der Waals surface area contributed by atoms with Gasteiger partial charge in [0, 0.05) is 18.9 Å². The molecule has 0 aromatic rings. The summed E-state index contributed by atoms with van der Waals surface area (Å²) < 4.78 is 11.6. The van der Waals surface area contributed by atoms with Gasteiger partial charge in [0.05, 0.1) is 13.2 Å². The molecule has 3 heteroatoms. The number of hydrogen-bond acceptors (Lipinski definition) is 3. The Kier molecular flexibility index (Phi) is 2.08. The fraction of sp³-hybridized carbons (Fsp3) is 1.00. The van der Waals surface area contributed by atoms with Crippen molar-refractivity contribution in [2.75, 3.05) is 19.8 Å². The summed E-state index contributed by atoms with van der Waals surface area (Å²) in [6, 6.07) is 0. The molecule has 2 saturated carbocycles. The van der Waals surface area contributed by atoms with Gasteiger partial charge in [-0.2, -0.15) is 0 Å². The Morgan fingerprint density at radius 3 is 2.57 bits per heavy atom. The molecule has 2 bridgehead atoms. The normalized spacial score (nSPS) is 43.9. The number of fused-ring (bicyclic) bond motifs is 3. The molecule has 3 nitrogen and oxygen atoms in total. The van der Waals surface area contributed by atoms with Crippen molar-refractivity contribution >= 4 is 0 Å². The second kappa shape index (κ2) is 3.19. The van der Waals surface area contributed by atoms with Crippen molar-refractivity contribution in [1.29, 1.82) is 0 Å². The van der Waals surface area contributed by atoms with Crippen LogP contribution < -0.4 is 0 Å². The molecule has 14 heavy (non-hydrogen) atoms. The van der Waals surface area contributed by atoms with E-state index >= 15 is 0 Å². The van der Waals surface area contributed by atoms with Gasteiger partial charge in [-0.05, 0) is 31.1 Å². The first-order valence-corrected chi connectivity index (χ1v) is 5.73. The summed E-state index contributed by atoms with van der Waals surface area (Å²) >= 11 is 0. The van der Waals surface area contributed by atoms with Crippen LogP contribution in [-0.4, -0.2) is 30.7 Å². The first-order chi connectivity index (χ1) is 6.84. The third-order valence-electron chi connectivity index (χ3n) is 4.29. The molecule has 0 aromatic heterocycles. The molecule has 1 aliphatic heterocycles. The van der Waals surface area contributed by atoms with Gasteiger partial charge in [-0.15, -0.1) is 0 Å². The molecule has 3 aliphatic rings. The molecule has 3 atom stereocenters. The highest BCUT2D eigenvalue weighted by Crippen LogP contribution is 2.57. The van der Waals surface area contributed by atoms with Crippen LogP contribution >= 0.6 is 0 Å². The lowest BCUT2D eigenvalue weighted by molar-refractivity contribution is -0.195. The Morgan fingerprint density at radius 1 is 1.21 bits per heavy atom. The number of rotatable bonds is 2. The van der Waals surface area contributed by atoms with Crippen molar-refractivity contribution < 1.29 is 14.6 Å². The third-order valence-corrected chi connectivity index (χ3v) is 4.29. The Labute approximate surface area is 84.4 Å². The lowest BCUT2D eigenvalue weighted by Gasteiger charge is -2.34. The number of aliphatic hydroxyl groups excluding tert-OH is 1. The predicted molar refractivity (Wildman–Crippen MR) is 50.7 cm³/mol. The van der Waals surface area contributed by atoms with Gasteiger partial charge in [-0.1, -0.05) is 0 Å². The molecule has 3 rings (SSSR count). The molecule has 3 fully saturated rings. The van der Waals surface area contributed by atoms with Gasteiger partial charge in [0.1, 0.15) is 0 Å². The average Bonchev–Trinajstić information content (AvgIpc) is 2.83. The summed E-state index contributed by atoms with van der Waals surface area (Å²) in [6.07, 6.45) is 4.50. The molecule has 1 spiro atoms. The summed E-state index contributed by atoms with van der Waals surface area (Å²) in [4.78, 5) is 0. The number of hydrogen-bond donors (Lipinski definition) is 1. The molecule has 1 N–H and O–H groups in total. The van der Waals surface area contributed by atoms with Crippen molar-refractivity contribution in [1.82, 2.24) is 0 Å². The highest BCUT2D eigenvalue weighted by molar-refractivity contribution is 5.02. The molecular formula is C11H18O3. The minimum atomic E-state index is -0.198. The molecule has 1 heterocycles. The summed E-state index contributed by atoms with van der Waals surface area (Å²) in [5.74, 6) is 1.87. The molecule has 0 radical (unpaired) electrons. The van der Waals surface area contributed by atoms with E-state index in [0.717, 1.165) is 37.9 Å². The maximum absolute atomic E-state index is 8.95. The minimum Gasteiger partial charge on any atom is -0.396 e. The lowest BCUT2D eigenvalue weighted by atomic mass is 9.83. The van der Waals surface area contributed by atoms with Crippen LogP contribution in [0.4, 0.5) is 0 Å². The van der Waals surface area contributed by atoms with E-state index in [0.29, 0.717) is 12.5 Å². The van der Waals surface area contributed by atoms with Crippen LogP contribution in [0.15, 0.2) is 0 Å². The van der Waals surface area contributed by atoms with Gasteiger partial charge in [0.2, 0.25) is 0 Å². The molecule has 80 valence electrons. The van der Waals surface area contributed by atoms with Crippen LogP contribution in [0, 0.1) is 17.8 Å². The summed E-state index contributed by atoms with van der Waals surface area (Å²) in [5, 5.41) is 8.95. The maximum atomic E-state index is 8.95. The van der Waals surface area contributed by atoms with Gasteiger partial charge in [0.25, 0.3) is 0 Å². The van der Waals surface area contributed by atoms with Crippen LogP contribution in [0.3, 0.4) is 0 Å². The molecule has 0 unspecified atom stereocenters. The van der Waals surface area contributed by atoms with Crippen molar-refractivity contribution in [2.24, 2.45) is 17.8 Å². The van der Waals surface area contributed by atoms with Crippen LogP contribution in [0.5, 0.6) is 0 Å². The van der Waals surface area contributed by atoms with Gasteiger partial charge < -0.3 is 14.6 Å². The standard InChI is InChI=1S/C11H18O3/c12-2-1-8-5-10-6-9(8)7-11(10)13-3-4-14-11/h8-10,12H,1-7H2/t8-,9+,10-/m0/s1. The van der Waals surface area contributed by atoms with Gasteiger partial charge in [0.15, 0.2) is 5.79 Å². The highest BCUT2D eigenvalue weighted by atomic mass is 16.7. The largest absolute Gasteiger partial charge is 0.396 e. The van der Waals surface area contributed by atoms with Crippen molar-refractivity contribution in [3.63, 3.8) is 0 Å². The highest BCUT2D eigenvalue weighted by Gasteiger charge is 2.58. The van der Waals surface area contributed by atoms with E-state index < -0.39 is 0 Å². The Hall–Kier alpha value is -0.120. The first kappa shape index (κ1) is 9.13. The zero-order chi connectivity index (χ0) is 9.60. The topological polar surface area (TPSA) is 38.7 Å². The van der Waals surface area contributed by atoms with Crippen LogP contribution in [0.25, 0.3) is 0 Å². The van der Waals surface area contributed by atoms with E-state index in [1.165, 1.54) is 12.8 Å². The number of aliphatic hydroxyl groups is 1. The van der Waals surface area contributed by atoms with Crippen molar-refractivity contribution in [3.8, 4) is 0 Å². The van der Waals surface area contributed by atoms with Gasteiger partial charge >= 0.3 is 0 Å². The smallest absolute Gasteiger partial charge is 0.171 e. The van der Waals surface area contributed by atoms with E-state index in [9.17, 15) is 0 Å². The van der Waals surface area contributed by atoms with E-state index in [4.69, 9.17) is 14.6 Å². The fourth-order valence-electron chi connectivity index (χ4n) is 3.70. The average molecular weight is 198 g/mol. The molecular weight excluding hydrogens is 180 g/mol. The van der Waals surface area contributed by atoms with E-state index in [-0.39, 0.29) is 5.79 Å².